The van der Waals surface area contributed by atoms with E-state index in [1.165, 1.54) is 6.08 Å². The second kappa shape index (κ2) is 30.1. The maximum atomic E-state index is 4.92. The summed E-state index contributed by atoms with van der Waals surface area (Å²) < 4.78 is 0. The van der Waals surface area contributed by atoms with E-state index in [0.29, 0.717) is 0 Å². The fourth-order valence-electron chi connectivity index (χ4n) is 0.141. The molecule has 0 aromatic heterocycles. The van der Waals surface area contributed by atoms with Crippen LogP contribution in [-0.2, 0) is 39.0 Å². The minimum absolute atomic E-state index is 0. The van der Waals surface area contributed by atoms with E-state index >= 15 is 0 Å². The summed E-state index contributed by atoms with van der Waals surface area (Å²) in [5, 5.41) is 0. The van der Waals surface area contributed by atoms with Crippen LogP contribution in [0.2, 0.25) is 0 Å². The van der Waals surface area contributed by atoms with Gasteiger partial charge in [0.1, 0.15) is 0 Å². The van der Waals surface area contributed by atoms with Crippen molar-refractivity contribution in [2.45, 2.75) is 0 Å². The summed E-state index contributed by atoms with van der Waals surface area (Å²) in [6.07, 6.45) is 8.24. The van der Waals surface area contributed by atoms with Gasteiger partial charge in [0.25, 0.3) is 0 Å². The predicted octanol–water partition coefficient (Wildman–Crippen LogP) is 3.29. The summed E-state index contributed by atoms with van der Waals surface area (Å²) in [7, 11) is 0. The van der Waals surface area contributed by atoms with Gasteiger partial charge in [0.2, 0.25) is 0 Å². The van der Waals surface area contributed by atoms with E-state index in [0.717, 1.165) is 0 Å². The van der Waals surface area contributed by atoms with Crippen molar-refractivity contribution in [2.75, 3.05) is 0 Å². The summed E-state index contributed by atoms with van der Waals surface area (Å²) >= 11 is 4.92. The molecule has 60 valence electrons. The maximum Gasteiger partial charge on any atom is 0 e. The average molecular weight is 285 g/mol. The largest absolute Gasteiger partial charge is 0.245 e. The molecule has 0 saturated heterocycles. The molecule has 3 heteroatoms. The van der Waals surface area contributed by atoms with Gasteiger partial charge in [-0.1, -0.05) is 0 Å². The average Bonchev–Trinajstić information content (AvgIpc) is 1.93. The van der Waals surface area contributed by atoms with Gasteiger partial charge in [-0.05, 0) is 0 Å². The molecule has 0 aromatic carbocycles. The third kappa shape index (κ3) is 47.7. The number of rotatable bonds is 2. The molecular formula is C9H11ClZn2-2. The van der Waals surface area contributed by atoms with Crippen molar-refractivity contribution < 1.29 is 39.0 Å². The Morgan fingerprint density at radius 3 is 1.67 bits per heavy atom. The number of allylic oxidation sites excluding steroid dienone is 5. The summed E-state index contributed by atoms with van der Waals surface area (Å²) in [5.41, 5.74) is 2.25. The van der Waals surface area contributed by atoms with Crippen LogP contribution < -0.4 is 0 Å². The molecule has 0 atom stereocenters. The maximum absolute atomic E-state index is 4.92. The molecule has 0 aliphatic heterocycles. The minimum Gasteiger partial charge on any atom is -0.245 e. The molecule has 0 spiro atoms. The molecule has 0 fully saturated rings. The zero-order chi connectivity index (χ0) is 8.24. The van der Waals surface area contributed by atoms with E-state index in [9.17, 15) is 0 Å². The molecule has 0 amide bonds. The Labute approximate surface area is 106 Å². The van der Waals surface area contributed by atoms with Crippen LogP contribution in [0.15, 0.2) is 43.5 Å². The van der Waals surface area contributed by atoms with Gasteiger partial charge in [-0.25, -0.2) is 42.8 Å². The molecule has 0 aliphatic rings. The van der Waals surface area contributed by atoms with E-state index in [4.69, 9.17) is 11.6 Å². The first-order valence-electron chi connectivity index (χ1n) is 2.70. The van der Waals surface area contributed by atoms with Crippen LogP contribution >= 0.6 is 11.6 Å². The first kappa shape index (κ1) is 22.8. The molecule has 0 rings (SSSR count). The van der Waals surface area contributed by atoms with E-state index in [2.05, 4.69) is 25.6 Å². The Balaban J connectivity index is -0.0000000457. The van der Waals surface area contributed by atoms with Crippen LogP contribution in [0.4, 0.5) is 0 Å². The Bertz CT molecular complexity index is 112. The number of halogens is 1. The van der Waals surface area contributed by atoms with Crippen LogP contribution in [-0.4, -0.2) is 0 Å². The minimum atomic E-state index is 0. The van der Waals surface area contributed by atoms with Crippen molar-refractivity contribution in [1.29, 1.82) is 0 Å². The van der Waals surface area contributed by atoms with Crippen LogP contribution in [0.3, 0.4) is 0 Å². The van der Waals surface area contributed by atoms with Crippen molar-refractivity contribution in [2.24, 2.45) is 0 Å². The summed E-state index contributed by atoms with van der Waals surface area (Å²) in [5.74, 6) is 0. The van der Waals surface area contributed by atoms with Crippen LogP contribution in [0, 0.1) is 12.5 Å². The molecule has 12 heavy (non-hydrogen) atoms. The van der Waals surface area contributed by atoms with E-state index in [1.54, 1.807) is 24.3 Å². The topological polar surface area (TPSA) is 0 Å². The number of hydrogen-bond acceptors (Lipinski definition) is 0. The van der Waals surface area contributed by atoms with Crippen molar-refractivity contribution in [1.82, 2.24) is 0 Å². The van der Waals surface area contributed by atoms with Crippen molar-refractivity contribution in [3.63, 3.8) is 0 Å². The molecule has 0 aliphatic carbocycles. The smallest absolute Gasteiger partial charge is 0 e. The second-order valence-corrected chi connectivity index (χ2v) is 1.39. The SMILES string of the molecule is C=C/C=C/[CH2-].C=CC=[C-]Cl.[Zn].[Zn]. The van der Waals surface area contributed by atoms with Gasteiger partial charge in [-0.2, -0.15) is 18.2 Å². The fraction of sp³-hybridized carbons (Fsp3) is 0. The van der Waals surface area contributed by atoms with E-state index < -0.39 is 0 Å². The third-order valence-electron chi connectivity index (χ3n) is 0.453. The molecule has 0 N–H and O–H groups in total. The Morgan fingerprint density at radius 1 is 1.17 bits per heavy atom. The zero-order valence-electron chi connectivity index (χ0n) is 7.30. The van der Waals surface area contributed by atoms with Crippen LogP contribution in [0.5, 0.6) is 0 Å². The van der Waals surface area contributed by atoms with Gasteiger partial charge in [-0.3, -0.25) is 0 Å². The molecule has 0 heterocycles. The summed E-state index contributed by atoms with van der Waals surface area (Å²) in [6, 6.07) is 0. The molecule has 0 saturated carbocycles. The van der Waals surface area contributed by atoms with E-state index in [-0.39, 0.29) is 39.0 Å². The fourth-order valence-corrected chi connectivity index (χ4v) is 0.230. The first-order valence-corrected chi connectivity index (χ1v) is 3.08. The normalized spacial score (nSPS) is 7.42. The van der Waals surface area contributed by atoms with Crippen LogP contribution in [0.25, 0.3) is 0 Å². The molecular weight excluding hydrogens is 274 g/mol. The van der Waals surface area contributed by atoms with Crippen molar-refractivity contribution >= 4 is 11.6 Å². The van der Waals surface area contributed by atoms with Gasteiger partial charge in [0.05, 0.1) is 0 Å². The zero-order valence-corrected chi connectivity index (χ0v) is 14.0. The van der Waals surface area contributed by atoms with Gasteiger partial charge >= 0.3 is 0 Å². The Morgan fingerprint density at radius 2 is 1.67 bits per heavy atom. The first-order chi connectivity index (χ1) is 4.83. The quantitative estimate of drug-likeness (QED) is 0.415. The monoisotopic (exact) mass is 282 g/mol. The van der Waals surface area contributed by atoms with Gasteiger partial charge in [0, 0.05) is 39.0 Å². The van der Waals surface area contributed by atoms with Crippen molar-refractivity contribution in [3.05, 3.63) is 56.0 Å². The molecule has 0 radical (unpaired) electrons. The van der Waals surface area contributed by atoms with Crippen LogP contribution in [0.1, 0.15) is 0 Å². The molecule has 0 aromatic rings. The predicted molar refractivity (Wildman–Crippen MR) is 48.6 cm³/mol. The number of hydrogen-bond donors (Lipinski definition) is 0. The second-order valence-electron chi connectivity index (χ2n) is 1.18. The van der Waals surface area contributed by atoms with Gasteiger partial charge in [-0.15, -0.1) is 6.58 Å². The standard InChI is InChI=1S/C5H7.C4H4Cl.2Zn/c1-3-5-4-2;1-2-3-4-5;;/h3-5H,1-2H2;2-3H,1H2;;/q2*-1;;/b5-3+;;;. The van der Waals surface area contributed by atoms with Gasteiger partial charge in [0.15, 0.2) is 0 Å². The molecule has 0 nitrogen and oxygen atoms in total. The molecule has 0 bridgehead atoms. The third-order valence-corrected chi connectivity index (χ3v) is 0.579. The Hall–Kier alpha value is 0.367. The summed E-state index contributed by atoms with van der Waals surface area (Å²) in [6.45, 7) is 10.2. The molecule has 0 unspecified atom stereocenters. The Kier molecular flexibility index (Phi) is 57.3. The van der Waals surface area contributed by atoms with E-state index in [1.807, 2.05) is 0 Å². The van der Waals surface area contributed by atoms with Gasteiger partial charge < -0.3 is 0 Å². The van der Waals surface area contributed by atoms with Crippen molar-refractivity contribution in [3.8, 4) is 0 Å². The summed E-state index contributed by atoms with van der Waals surface area (Å²) in [4.78, 5) is 0.